The van der Waals surface area contributed by atoms with Crippen LogP contribution in [0.15, 0.2) is 24.3 Å². The minimum Gasteiger partial charge on any atom is -0.373 e. The van der Waals surface area contributed by atoms with Gasteiger partial charge in [-0.05, 0) is 13.0 Å². The van der Waals surface area contributed by atoms with E-state index in [1.165, 1.54) is 11.1 Å². The van der Waals surface area contributed by atoms with Gasteiger partial charge in [0.2, 0.25) is 0 Å². The van der Waals surface area contributed by atoms with E-state index in [4.69, 9.17) is 4.74 Å². The van der Waals surface area contributed by atoms with Crippen molar-refractivity contribution in [1.29, 1.82) is 0 Å². The number of hydrogen-bond acceptors (Lipinski definition) is 2. The Labute approximate surface area is 82.3 Å². The predicted octanol–water partition coefficient (Wildman–Crippen LogP) is 2.13. The molecule has 1 atom stereocenters. The molecule has 0 aliphatic carbocycles. The van der Waals surface area contributed by atoms with Crippen LogP contribution in [0, 0.1) is 0 Å². The second kappa shape index (κ2) is 2.82. The molecular weight excluding hydrogens is 176 g/mol. The number of fused-ring (bicyclic) bond motifs is 3. The second-order valence-electron chi connectivity index (χ2n) is 3.77. The third-order valence-electron chi connectivity index (χ3n) is 2.72. The molecule has 3 rings (SSSR count). The molecule has 14 heavy (non-hydrogen) atoms. The molecular formula is C11H12N2O. The number of rotatable bonds is 0. The van der Waals surface area contributed by atoms with E-state index in [-0.39, 0.29) is 0 Å². The molecule has 0 saturated carbocycles. The molecule has 0 fully saturated rings. The fourth-order valence-corrected chi connectivity index (χ4v) is 2.01. The molecule has 1 aromatic carbocycles. The molecule has 0 amide bonds. The maximum Gasteiger partial charge on any atom is 0.0927 e. The van der Waals surface area contributed by atoms with Gasteiger partial charge in [-0.2, -0.15) is 5.10 Å². The van der Waals surface area contributed by atoms with E-state index in [2.05, 4.69) is 22.8 Å². The van der Waals surface area contributed by atoms with Crippen LogP contribution in [0.1, 0.15) is 18.7 Å². The summed E-state index contributed by atoms with van der Waals surface area (Å²) in [4.78, 5) is 0. The van der Waals surface area contributed by atoms with Crippen molar-refractivity contribution >= 4 is 10.9 Å². The quantitative estimate of drug-likeness (QED) is 0.633. The lowest BCUT2D eigenvalue weighted by Gasteiger charge is -2.21. The zero-order valence-corrected chi connectivity index (χ0v) is 8.10. The Morgan fingerprint density at radius 3 is 3.21 bits per heavy atom. The lowest BCUT2D eigenvalue weighted by atomic mass is 10.2. The van der Waals surface area contributed by atoms with Gasteiger partial charge in [0.05, 0.1) is 30.5 Å². The van der Waals surface area contributed by atoms with E-state index in [0.29, 0.717) is 12.6 Å². The summed E-state index contributed by atoms with van der Waals surface area (Å²) >= 11 is 0. The average Bonchev–Trinajstić information content (AvgIpc) is 2.59. The highest BCUT2D eigenvalue weighted by molar-refractivity contribution is 5.81. The zero-order chi connectivity index (χ0) is 9.54. The second-order valence-corrected chi connectivity index (χ2v) is 3.77. The molecule has 0 spiro atoms. The van der Waals surface area contributed by atoms with Gasteiger partial charge in [-0.25, -0.2) is 0 Å². The molecule has 0 N–H and O–H groups in total. The van der Waals surface area contributed by atoms with Gasteiger partial charge in [-0.1, -0.05) is 18.2 Å². The van der Waals surface area contributed by atoms with Crippen molar-refractivity contribution in [2.45, 2.75) is 19.6 Å². The number of benzene rings is 1. The molecule has 1 unspecified atom stereocenters. The van der Waals surface area contributed by atoms with Crippen LogP contribution in [0.5, 0.6) is 0 Å². The maximum atomic E-state index is 5.51. The molecule has 1 aliphatic rings. The molecule has 2 aromatic rings. The number of hydrogen-bond donors (Lipinski definition) is 0. The van der Waals surface area contributed by atoms with E-state index >= 15 is 0 Å². The Morgan fingerprint density at radius 2 is 2.29 bits per heavy atom. The summed E-state index contributed by atoms with van der Waals surface area (Å²) < 4.78 is 7.61. The molecule has 72 valence electrons. The van der Waals surface area contributed by atoms with Crippen molar-refractivity contribution in [2.75, 3.05) is 6.61 Å². The largest absolute Gasteiger partial charge is 0.373 e. The standard InChI is InChI=1S/C11H12N2O/c1-8-6-14-7-11-9-4-2-3-5-10(9)12-13(8)11/h2-5,8H,6-7H2,1H3. The Bertz CT molecular complexity index is 475. The number of ether oxygens (including phenoxy) is 1. The van der Waals surface area contributed by atoms with Gasteiger partial charge in [-0.3, -0.25) is 4.68 Å². The fourth-order valence-electron chi connectivity index (χ4n) is 2.01. The topological polar surface area (TPSA) is 27.1 Å². The Balaban J connectivity index is 2.32. The third kappa shape index (κ3) is 0.990. The molecule has 1 aromatic heterocycles. The lowest BCUT2D eigenvalue weighted by Crippen LogP contribution is -2.21. The smallest absolute Gasteiger partial charge is 0.0927 e. The minimum atomic E-state index is 0.353. The van der Waals surface area contributed by atoms with Crippen molar-refractivity contribution < 1.29 is 4.74 Å². The first-order valence-electron chi connectivity index (χ1n) is 4.90. The zero-order valence-electron chi connectivity index (χ0n) is 8.10. The molecule has 0 saturated heterocycles. The van der Waals surface area contributed by atoms with Crippen LogP contribution in [-0.4, -0.2) is 16.4 Å². The lowest BCUT2D eigenvalue weighted by molar-refractivity contribution is 0.0587. The summed E-state index contributed by atoms with van der Waals surface area (Å²) in [5.41, 5.74) is 2.28. The maximum absolute atomic E-state index is 5.51. The first-order chi connectivity index (χ1) is 6.86. The van der Waals surface area contributed by atoms with Crippen LogP contribution in [0.3, 0.4) is 0 Å². The van der Waals surface area contributed by atoms with Crippen LogP contribution in [0.25, 0.3) is 10.9 Å². The summed E-state index contributed by atoms with van der Waals surface area (Å²) in [5, 5.41) is 5.79. The van der Waals surface area contributed by atoms with E-state index in [1.54, 1.807) is 0 Å². The highest BCUT2D eigenvalue weighted by Crippen LogP contribution is 2.25. The SMILES string of the molecule is CC1COCc2c3ccccc3nn21. The van der Waals surface area contributed by atoms with Crippen LogP contribution in [0.4, 0.5) is 0 Å². The van der Waals surface area contributed by atoms with Gasteiger partial charge in [-0.15, -0.1) is 0 Å². The molecule has 2 heterocycles. The molecule has 0 bridgehead atoms. The summed E-state index contributed by atoms with van der Waals surface area (Å²) in [5.74, 6) is 0. The van der Waals surface area contributed by atoms with Crippen LogP contribution >= 0.6 is 0 Å². The number of aromatic nitrogens is 2. The fraction of sp³-hybridized carbons (Fsp3) is 0.364. The summed E-state index contributed by atoms with van der Waals surface area (Å²) in [6.07, 6.45) is 0. The van der Waals surface area contributed by atoms with Crippen LogP contribution < -0.4 is 0 Å². The van der Waals surface area contributed by atoms with Crippen LogP contribution in [0.2, 0.25) is 0 Å². The van der Waals surface area contributed by atoms with Gasteiger partial charge in [0, 0.05) is 5.39 Å². The average molecular weight is 188 g/mol. The molecule has 3 nitrogen and oxygen atoms in total. The normalized spacial score (nSPS) is 21.1. The van der Waals surface area contributed by atoms with Crippen molar-refractivity contribution in [2.24, 2.45) is 0 Å². The van der Waals surface area contributed by atoms with Gasteiger partial charge in [0.15, 0.2) is 0 Å². The third-order valence-corrected chi connectivity index (χ3v) is 2.72. The van der Waals surface area contributed by atoms with E-state index in [1.807, 2.05) is 18.2 Å². The van der Waals surface area contributed by atoms with Gasteiger partial charge in [0.1, 0.15) is 0 Å². The Hall–Kier alpha value is -1.35. The van der Waals surface area contributed by atoms with E-state index < -0.39 is 0 Å². The first kappa shape index (κ1) is 8.00. The molecule has 1 aliphatic heterocycles. The Morgan fingerprint density at radius 1 is 1.43 bits per heavy atom. The Kier molecular flexibility index (Phi) is 1.61. The summed E-state index contributed by atoms with van der Waals surface area (Å²) in [7, 11) is 0. The molecule has 0 radical (unpaired) electrons. The monoisotopic (exact) mass is 188 g/mol. The molecule has 3 heteroatoms. The van der Waals surface area contributed by atoms with E-state index in [9.17, 15) is 0 Å². The van der Waals surface area contributed by atoms with Crippen molar-refractivity contribution in [3.05, 3.63) is 30.0 Å². The highest BCUT2D eigenvalue weighted by Gasteiger charge is 2.19. The minimum absolute atomic E-state index is 0.353. The first-order valence-corrected chi connectivity index (χ1v) is 4.90. The summed E-state index contributed by atoms with van der Waals surface area (Å²) in [6.45, 7) is 3.58. The van der Waals surface area contributed by atoms with Crippen molar-refractivity contribution in [3.63, 3.8) is 0 Å². The van der Waals surface area contributed by atoms with Crippen LogP contribution in [-0.2, 0) is 11.3 Å². The van der Waals surface area contributed by atoms with Gasteiger partial charge >= 0.3 is 0 Å². The van der Waals surface area contributed by atoms with Gasteiger partial charge < -0.3 is 4.74 Å². The van der Waals surface area contributed by atoms with Crippen molar-refractivity contribution in [1.82, 2.24) is 9.78 Å². The van der Waals surface area contributed by atoms with Gasteiger partial charge in [0.25, 0.3) is 0 Å². The van der Waals surface area contributed by atoms with Crippen molar-refractivity contribution in [3.8, 4) is 0 Å². The van der Waals surface area contributed by atoms with E-state index in [0.717, 1.165) is 12.1 Å². The summed E-state index contributed by atoms with van der Waals surface area (Å²) in [6, 6.07) is 8.58. The number of nitrogens with zero attached hydrogens (tertiary/aromatic N) is 2. The predicted molar refractivity (Wildman–Crippen MR) is 54.1 cm³/mol. The highest BCUT2D eigenvalue weighted by atomic mass is 16.5.